The van der Waals surface area contributed by atoms with Gasteiger partial charge < -0.3 is 9.47 Å². The maximum atomic E-state index is 5.45. The van der Waals surface area contributed by atoms with E-state index in [1.54, 1.807) is 0 Å². The fourth-order valence-corrected chi connectivity index (χ4v) is 2.43. The van der Waals surface area contributed by atoms with Crippen molar-refractivity contribution in [2.75, 3.05) is 20.0 Å². The third-order valence-electron chi connectivity index (χ3n) is 3.12. The summed E-state index contributed by atoms with van der Waals surface area (Å²) in [6.45, 7) is 4.08. The van der Waals surface area contributed by atoms with Gasteiger partial charge in [0.1, 0.15) is 6.79 Å². The van der Waals surface area contributed by atoms with Crippen molar-refractivity contribution in [3.8, 4) is 0 Å². The fraction of sp³-hybridized carbons (Fsp3) is 0.818. The molecule has 2 heteroatoms. The molecule has 2 aliphatic rings. The minimum Gasteiger partial charge on any atom is -0.356 e. The normalized spacial score (nSPS) is 35.9. The number of hydrogen-bond donors (Lipinski definition) is 0. The van der Waals surface area contributed by atoms with Gasteiger partial charge in [0, 0.05) is 6.61 Å². The smallest absolute Gasteiger partial charge is 0.146 e. The molecule has 0 amide bonds. The van der Waals surface area contributed by atoms with E-state index in [1.807, 2.05) is 6.92 Å². The highest BCUT2D eigenvalue weighted by atomic mass is 16.7. The van der Waals surface area contributed by atoms with Crippen LogP contribution in [-0.2, 0) is 9.47 Å². The van der Waals surface area contributed by atoms with Gasteiger partial charge in [-0.3, -0.25) is 0 Å². The molecule has 3 atom stereocenters. The van der Waals surface area contributed by atoms with Crippen LogP contribution in [0.2, 0.25) is 0 Å². The Morgan fingerprint density at radius 3 is 2.77 bits per heavy atom. The molecule has 0 aromatic carbocycles. The molecule has 0 aromatic heterocycles. The van der Waals surface area contributed by atoms with Crippen LogP contribution in [0.3, 0.4) is 0 Å². The molecule has 2 aliphatic carbocycles. The first kappa shape index (κ1) is 9.22. The molecule has 3 unspecified atom stereocenters. The van der Waals surface area contributed by atoms with Crippen LogP contribution in [0, 0.1) is 17.8 Å². The largest absolute Gasteiger partial charge is 0.356 e. The van der Waals surface area contributed by atoms with E-state index in [1.165, 1.54) is 12.8 Å². The fourth-order valence-electron chi connectivity index (χ4n) is 2.43. The van der Waals surface area contributed by atoms with Gasteiger partial charge in [-0.05, 0) is 37.5 Å². The summed E-state index contributed by atoms with van der Waals surface area (Å²) in [6, 6.07) is 0. The Morgan fingerprint density at radius 2 is 2.15 bits per heavy atom. The van der Waals surface area contributed by atoms with E-state index in [4.69, 9.17) is 9.47 Å². The molecule has 2 bridgehead atoms. The van der Waals surface area contributed by atoms with Gasteiger partial charge in [0.2, 0.25) is 0 Å². The first-order valence-electron chi connectivity index (χ1n) is 5.24. The van der Waals surface area contributed by atoms with Gasteiger partial charge in [-0.25, -0.2) is 0 Å². The molecule has 0 radical (unpaired) electrons. The summed E-state index contributed by atoms with van der Waals surface area (Å²) in [5.41, 5.74) is 0. The monoisotopic (exact) mass is 182 g/mol. The quantitative estimate of drug-likeness (QED) is 0.369. The number of allylic oxidation sites excluding steroid dienone is 2. The molecular weight excluding hydrogens is 164 g/mol. The molecule has 2 rings (SSSR count). The average Bonchev–Trinajstić information content (AvgIpc) is 2.73. The first-order chi connectivity index (χ1) is 6.40. The zero-order valence-electron chi connectivity index (χ0n) is 8.24. The van der Waals surface area contributed by atoms with Crippen molar-refractivity contribution in [1.29, 1.82) is 0 Å². The van der Waals surface area contributed by atoms with Crippen LogP contribution in [0.25, 0.3) is 0 Å². The molecule has 0 saturated heterocycles. The van der Waals surface area contributed by atoms with E-state index in [0.717, 1.165) is 31.0 Å². The molecule has 1 saturated carbocycles. The standard InChI is InChI=1S/C11H18O2/c1-2-12-8-13-7-11-6-9-3-4-10(11)5-9/h3-4,9-11H,2,5-8H2,1H3. The van der Waals surface area contributed by atoms with Crippen LogP contribution in [0.15, 0.2) is 12.2 Å². The molecule has 0 spiro atoms. The van der Waals surface area contributed by atoms with Crippen LogP contribution in [-0.4, -0.2) is 20.0 Å². The van der Waals surface area contributed by atoms with E-state index in [-0.39, 0.29) is 0 Å². The van der Waals surface area contributed by atoms with Crippen LogP contribution in [0.1, 0.15) is 19.8 Å². The molecule has 0 aliphatic heterocycles. The molecular formula is C11H18O2. The maximum absolute atomic E-state index is 5.45. The summed E-state index contributed by atoms with van der Waals surface area (Å²) in [7, 11) is 0. The Hall–Kier alpha value is -0.340. The summed E-state index contributed by atoms with van der Waals surface area (Å²) < 4.78 is 10.6. The molecule has 74 valence electrons. The van der Waals surface area contributed by atoms with Crippen molar-refractivity contribution in [2.24, 2.45) is 17.8 Å². The summed E-state index contributed by atoms with van der Waals surface area (Å²) in [5.74, 6) is 2.41. The molecule has 0 aromatic rings. The van der Waals surface area contributed by atoms with Crippen molar-refractivity contribution in [3.63, 3.8) is 0 Å². The van der Waals surface area contributed by atoms with Crippen molar-refractivity contribution >= 4 is 0 Å². The lowest BCUT2D eigenvalue weighted by molar-refractivity contribution is -0.0626. The van der Waals surface area contributed by atoms with Gasteiger partial charge in [-0.2, -0.15) is 0 Å². The van der Waals surface area contributed by atoms with Gasteiger partial charge in [-0.1, -0.05) is 12.2 Å². The molecule has 0 heterocycles. The zero-order chi connectivity index (χ0) is 9.10. The van der Waals surface area contributed by atoms with Crippen molar-refractivity contribution in [1.82, 2.24) is 0 Å². The molecule has 0 N–H and O–H groups in total. The Morgan fingerprint density at radius 1 is 1.23 bits per heavy atom. The molecule has 13 heavy (non-hydrogen) atoms. The maximum Gasteiger partial charge on any atom is 0.146 e. The average molecular weight is 182 g/mol. The topological polar surface area (TPSA) is 18.5 Å². The second-order valence-corrected chi connectivity index (χ2v) is 4.02. The minimum atomic E-state index is 0.466. The van der Waals surface area contributed by atoms with E-state index in [9.17, 15) is 0 Å². The second-order valence-electron chi connectivity index (χ2n) is 4.02. The number of fused-ring (bicyclic) bond motifs is 2. The molecule has 1 fully saturated rings. The lowest BCUT2D eigenvalue weighted by Gasteiger charge is -2.17. The van der Waals surface area contributed by atoms with E-state index in [0.29, 0.717) is 6.79 Å². The molecule has 2 nitrogen and oxygen atoms in total. The third-order valence-corrected chi connectivity index (χ3v) is 3.12. The first-order valence-corrected chi connectivity index (χ1v) is 5.24. The Kier molecular flexibility index (Phi) is 3.01. The van der Waals surface area contributed by atoms with Gasteiger partial charge in [-0.15, -0.1) is 0 Å². The van der Waals surface area contributed by atoms with E-state index >= 15 is 0 Å². The van der Waals surface area contributed by atoms with Crippen LogP contribution in [0.4, 0.5) is 0 Å². The van der Waals surface area contributed by atoms with Crippen molar-refractivity contribution in [2.45, 2.75) is 19.8 Å². The van der Waals surface area contributed by atoms with Gasteiger partial charge >= 0.3 is 0 Å². The van der Waals surface area contributed by atoms with E-state index in [2.05, 4.69) is 12.2 Å². The van der Waals surface area contributed by atoms with Crippen LogP contribution >= 0.6 is 0 Å². The summed E-state index contributed by atoms with van der Waals surface area (Å²) in [4.78, 5) is 0. The summed E-state index contributed by atoms with van der Waals surface area (Å²) in [5, 5.41) is 0. The Labute approximate surface area is 79.9 Å². The highest BCUT2D eigenvalue weighted by Gasteiger charge is 2.35. The zero-order valence-corrected chi connectivity index (χ0v) is 8.24. The van der Waals surface area contributed by atoms with Crippen LogP contribution in [0.5, 0.6) is 0 Å². The van der Waals surface area contributed by atoms with Crippen LogP contribution < -0.4 is 0 Å². The van der Waals surface area contributed by atoms with Gasteiger partial charge in [0.15, 0.2) is 0 Å². The summed E-state index contributed by atoms with van der Waals surface area (Å²) >= 11 is 0. The van der Waals surface area contributed by atoms with E-state index < -0.39 is 0 Å². The predicted molar refractivity (Wildman–Crippen MR) is 51.3 cm³/mol. The minimum absolute atomic E-state index is 0.466. The van der Waals surface area contributed by atoms with Crippen molar-refractivity contribution in [3.05, 3.63) is 12.2 Å². The number of rotatable bonds is 5. The van der Waals surface area contributed by atoms with Crippen molar-refractivity contribution < 1.29 is 9.47 Å². The Bertz CT molecular complexity index is 189. The number of hydrogen-bond acceptors (Lipinski definition) is 2. The van der Waals surface area contributed by atoms with Gasteiger partial charge in [0.25, 0.3) is 0 Å². The highest BCUT2D eigenvalue weighted by molar-refractivity contribution is 5.09. The lowest BCUT2D eigenvalue weighted by atomic mass is 9.95. The Balaban J connectivity index is 1.64. The lowest BCUT2D eigenvalue weighted by Crippen LogP contribution is -2.15. The second kappa shape index (κ2) is 4.25. The SMILES string of the molecule is CCOCOCC1CC2C=CC1C2. The number of ether oxygens (including phenoxy) is 2. The van der Waals surface area contributed by atoms with Gasteiger partial charge in [0.05, 0.1) is 6.61 Å². The highest BCUT2D eigenvalue weighted by Crippen LogP contribution is 2.43. The predicted octanol–water partition coefficient (Wildman–Crippen LogP) is 2.21. The third kappa shape index (κ3) is 2.12. The summed E-state index contributed by atoms with van der Waals surface area (Å²) in [6.07, 6.45) is 7.42.